The molecule has 1 amide bonds. The molecule has 0 bridgehead atoms. The summed E-state index contributed by atoms with van der Waals surface area (Å²) in [6.07, 6.45) is 3.05. The van der Waals surface area contributed by atoms with E-state index in [9.17, 15) is 9.59 Å². The minimum absolute atomic E-state index is 0.115. The maximum absolute atomic E-state index is 12.5. The number of nitrogens with one attached hydrogen (secondary N) is 1. The van der Waals surface area contributed by atoms with E-state index in [-0.39, 0.29) is 11.2 Å². The van der Waals surface area contributed by atoms with Gasteiger partial charge in [0.1, 0.15) is 17.1 Å². The lowest BCUT2D eigenvalue weighted by Crippen LogP contribution is -2.23. The Morgan fingerprint density at radius 1 is 1.22 bits per heavy atom. The van der Waals surface area contributed by atoms with Gasteiger partial charge in [0.2, 0.25) is 0 Å². The predicted molar refractivity (Wildman–Crippen MR) is 87.1 cm³/mol. The number of aryl methyl sites for hydroxylation is 1. The molecule has 3 rings (SSSR count). The molecule has 0 aliphatic carbocycles. The minimum Gasteiger partial charge on any atom is -0.496 e. The first-order chi connectivity index (χ1) is 11.1. The van der Waals surface area contributed by atoms with Crippen molar-refractivity contribution in [1.82, 2.24) is 9.38 Å². The van der Waals surface area contributed by atoms with Crippen LogP contribution in [0.2, 0.25) is 0 Å². The SMILES string of the molecule is COc1ccccc1C(=O)Nc1cnc2ccc(C)cn2c1=O. The van der Waals surface area contributed by atoms with E-state index in [2.05, 4.69) is 10.3 Å². The molecule has 0 atom stereocenters. The van der Waals surface area contributed by atoms with Crippen LogP contribution in [0, 0.1) is 6.92 Å². The summed E-state index contributed by atoms with van der Waals surface area (Å²) in [6, 6.07) is 10.4. The number of anilines is 1. The molecule has 1 aromatic carbocycles. The smallest absolute Gasteiger partial charge is 0.281 e. The number of aromatic nitrogens is 2. The molecule has 0 radical (unpaired) electrons. The average Bonchev–Trinajstić information content (AvgIpc) is 2.57. The molecule has 0 aliphatic rings. The van der Waals surface area contributed by atoms with Crippen molar-refractivity contribution in [3.63, 3.8) is 0 Å². The second-order valence-corrected chi connectivity index (χ2v) is 5.07. The number of ether oxygens (including phenoxy) is 1. The molecular weight excluding hydrogens is 294 g/mol. The van der Waals surface area contributed by atoms with E-state index in [1.807, 2.05) is 13.0 Å². The number of hydrogen-bond donors (Lipinski definition) is 1. The quantitative estimate of drug-likeness (QED) is 0.805. The monoisotopic (exact) mass is 309 g/mol. The second-order valence-electron chi connectivity index (χ2n) is 5.07. The van der Waals surface area contributed by atoms with E-state index in [4.69, 9.17) is 4.74 Å². The molecule has 116 valence electrons. The third-order valence-corrected chi connectivity index (χ3v) is 3.45. The van der Waals surface area contributed by atoms with Gasteiger partial charge in [-0.3, -0.25) is 14.0 Å². The van der Waals surface area contributed by atoms with Crippen molar-refractivity contribution >= 4 is 17.2 Å². The Kier molecular flexibility index (Phi) is 3.80. The zero-order chi connectivity index (χ0) is 16.4. The number of pyridine rings is 1. The van der Waals surface area contributed by atoms with Crippen molar-refractivity contribution < 1.29 is 9.53 Å². The van der Waals surface area contributed by atoms with Gasteiger partial charge in [-0.2, -0.15) is 0 Å². The fraction of sp³-hybridized carbons (Fsp3) is 0.118. The summed E-state index contributed by atoms with van der Waals surface area (Å²) >= 11 is 0. The summed E-state index contributed by atoms with van der Waals surface area (Å²) in [4.78, 5) is 29.1. The number of fused-ring (bicyclic) bond motifs is 1. The number of methoxy groups -OCH3 is 1. The molecule has 0 fully saturated rings. The lowest BCUT2D eigenvalue weighted by atomic mass is 10.2. The first-order valence-electron chi connectivity index (χ1n) is 7.02. The van der Waals surface area contributed by atoms with E-state index < -0.39 is 5.91 Å². The van der Waals surface area contributed by atoms with Gasteiger partial charge in [0.05, 0.1) is 18.9 Å². The zero-order valence-electron chi connectivity index (χ0n) is 12.7. The van der Waals surface area contributed by atoms with E-state index in [0.29, 0.717) is 17.0 Å². The number of carbonyl (C=O) groups excluding carboxylic acids is 1. The van der Waals surface area contributed by atoms with E-state index in [1.54, 1.807) is 36.5 Å². The van der Waals surface area contributed by atoms with Crippen LogP contribution in [0.1, 0.15) is 15.9 Å². The largest absolute Gasteiger partial charge is 0.496 e. The summed E-state index contributed by atoms with van der Waals surface area (Å²) in [5.41, 5.74) is 1.58. The van der Waals surface area contributed by atoms with Gasteiger partial charge in [-0.1, -0.05) is 18.2 Å². The molecular formula is C17H15N3O3. The van der Waals surface area contributed by atoms with E-state index in [1.165, 1.54) is 17.7 Å². The summed E-state index contributed by atoms with van der Waals surface area (Å²) < 4.78 is 6.57. The predicted octanol–water partition coefficient (Wildman–Crippen LogP) is 2.26. The van der Waals surface area contributed by atoms with Gasteiger partial charge in [-0.15, -0.1) is 0 Å². The Labute approximate surface area is 132 Å². The highest BCUT2D eigenvalue weighted by Crippen LogP contribution is 2.18. The Balaban J connectivity index is 2.00. The highest BCUT2D eigenvalue weighted by Gasteiger charge is 2.14. The maximum Gasteiger partial charge on any atom is 0.281 e. The number of benzene rings is 1. The summed E-state index contributed by atoms with van der Waals surface area (Å²) in [6.45, 7) is 1.88. The van der Waals surface area contributed by atoms with Gasteiger partial charge in [0, 0.05) is 6.20 Å². The van der Waals surface area contributed by atoms with Crippen molar-refractivity contribution in [2.45, 2.75) is 6.92 Å². The molecule has 0 saturated heterocycles. The fourth-order valence-electron chi connectivity index (χ4n) is 2.29. The molecule has 0 spiro atoms. The van der Waals surface area contributed by atoms with Crippen LogP contribution in [0.25, 0.3) is 5.65 Å². The van der Waals surface area contributed by atoms with E-state index in [0.717, 1.165) is 5.56 Å². The van der Waals surface area contributed by atoms with Crippen molar-refractivity contribution in [3.8, 4) is 5.75 Å². The Hall–Kier alpha value is -3.15. The molecule has 6 heteroatoms. The van der Waals surface area contributed by atoms with Crippen LogP contribution >= 0.6 is 0 Å². The van der Waals surface area contributed by atoms with Gasteiger partial charge in [0.15, 0.2) is 0 Å². The topological polar surface area (TPSA) is 72.7 Å². The van der Waals surface area contributed by atoms with Gasteiger partial charge in [0.25, 0.3) is 11.5 Å². The van der Waals surface area contributed by atoms with Crippen molar-refractivity contribution in [1.29, 1.82) is 0 Å². The normalized spacial score (nSPS) is 10.5. The van der Waals surface area contributed by atoms with Crippen molar-refractivity contribution in [2.24, 2.45) is 0 Å². The van der Waals surface area contributed by atoms with Crippen LogP contribution in [-0.4, -0.2) is 22.4 Å². The van der Waals surface area contributed by atoms with Crippen molar-refractivity contribution in [2.75, 3.05) is 12.4 Å². The molecule has 0 saturated carbocycles. The molecule has 0 unspecified atom stereocenters. The number of carbonyl (C=O) groups is 1. The molecule has 2 aromatic heterocycles. The van der Waals surface area contributed by atoms with Gasteiger partial charge in [-0.05, 0) is 30.7 Å². The second kappa shape index (κ2) is 5.92. The molecule has 0 aliphatic heterocycles. The lowest BCUT2D eigenvalue weighted by Gasteiger charge is -2.09. The first kappa shape index (κ1) is 14.8. The third kappa shape index (κ3) is 2.78. The Bertz CT molecular complexity index is 947. The van der Waals surface area contributed by atoms with Crippen LogP contribution in [0.5, 0.6) is 5.75 Å². The standard InChI is InChI=1S/C17H15N3O3/c1-11-7-8-15-18-9-13(17(22)20(15)10-11)19-16(21)12-5-3-4-6-14(12)23-2/h3-10H,1-2H3,(H,19,21). The number of rotatable bonds is 3. The summed E-state index contributed by atoms with van der Waals surface area (Å²) in [5, 5.41) is 2.60. The molecule has 23 heavy (non-hydrogen) atoms. The minimum atomic E-state index is -0.422. The summed E-state index contributed by atoms with van der Waals surface area (Å²) in [5.74, 6) is 0.0173. The van der Waals surface area contributed by atoms with Crippen LogP contribution in [-0.2, 0) is 0 Å². The van der Waals surface area contributed by atoms with Crippen LogP contribution in [0.4, 0.5) is 5.69 Å². The van der Waals surface area contributed by atoms with E-state index >= 15 is 0 Å². The number of para-hydroxylation sites is 1. The average molecular weight is 309 g/mol. The van der Waals surface area contributed by atoms with Gasteiger partial charge < -0.3 is 10.1 Å². The Morgan fingerprint density at radius 2 is 2.00 bits per heavy atom. The zero-order valence-corrected chi connectivity index (χ0v) is 12.7. The van der Waals surface area contributed by atoms with Crippen molar-refractivity contribution in [3.05, 3.63) is 70.3 Å². The number of nitrogens with zero attached hydrogens (tertiary/aromatic N) is 2. The molecule has 2 heterocycles. The third-order valence-electron chi connectivity index (χ3n) is 3.45. The molecule has 3 aromatic rings. The van der Waals surface area contributed by atoms with Gasteiger partial charge in [-0.25, -0.2) is 4.98 Å². The van der Waals surface area contributed by atoms with Gasteiger partial charge >= 0.3 is 0 Å². The van der Waals surface area contributed by atoms with Crippen LogP contribution in [0.3, 0.4) is 0 Å². The number of amides is 1. The highest BCUT2D eigenvalue weighted by atomic mass is 16.5. The highest BCUT2D eigenvalue weighted by molar-refractivity contribution is 6.06. The lowest BCUT2D eigenvalue weighted by molar-refractivity contribution is 0.102. The first-order valence-corrected chi connectivity index (χ1v) is 7.02. The molecule has 1 N–H and O–H groups in total. The Morgan fingerprint density at radius 3 is 2.78 bits per heavy atom. The number of hydrogen-bond acceptors (Lipinski definition) is 4. The van der Waals surface area contributed by atoms with Crippen LogP contribution in [0.15, 0.2) is 53.6 Å². The molecule has 6 nitrogen and oxygen atoms in total. The summed E-state index contributed by atoms with van der Waals surface area (Å²) in [7, 11) is 1.49. The van der Waals surface area contributed by atoms with Crippen LogP contribution < -0.4 is 15.6 Å². The fourth-order valence-corrected chi connectivity index (χ4v) is 2.29. The maximum atomic E-state index is 12.5.